The highest BCUT2D eigenvalue weighted by Gasteiger charge is 2.58. The molecule has 4 atom stereocenters. The Kier molecular flexibility index (Phi) is 25.0. The number of fused-ring (bicyclic) bond motifs is 4. The van der Waals surface area contributed by atoms with Crippen LogP contribution in [0.25, 0.3) is 49.6 Å². The van der Waals surface area contributed by atoms with Gasteiger partial charge in [-0.15, -0.1) is 0 Å². The largest absolute Gasteiger partial charge is 0.449 e. The second kappa shape index (κ2) is 38.8. The number of hydrogen-bond acceptors (Lipinski definition) is 20. The molecule has 16 aromatic rings. The minimum Gasteiger partial charge on any atom is -0.449 e. The van der Waals surface area contributed by atoms with Crippen molar-refractivity contribution in [2.45, 2.75) is 96.7 Å². The van der Waals surface area contributed by atoms with Crippen LogP contribution in [-0.2, 0) is 19.6 Å². The number of aromatic nitrogens is 12. The first kappa shape index (κ1) is 89.8. The number of amides is 8. The van der Waals surface area contributed by atoms with E-state index in [2.05, 4.69) is 61.4 Å². The summed E-state index contributed by atoms with van der Waals surface area (Å²) in [7, 11) is 0. The van der Waals surface area contributed by atoms with Gasteiger partial charge in [0.05, 0.1) is 50.5 Å². The van der Waals surface area contributed by atoms with Gasteiger partial charge < -0.3 is 67.7 Å². The van der Waals surface area contributed by atoms with Crippen LogP contribution in [0, 0.1) is 45.3 Å². The van der Waals surface area contributed by atoms with Gasteiger partial charge in [0.1, 0.15) is 0 Å². The van der Waals surface area contributed by atoms with E-state index in [4.69, 9.17) is 17.7 Å². The Hall–Kier alpha value is -15.8. The Morgan fingerprint density at radius 2 is 0.705 bits per heavy atom. The Balaban J connectivity index is 0.000000110. The first-order chi connectivity index (χ1) is 67.9. The number of rotatable bonds is 23. The van der Waals surface area contributed by atoms with Gasteiger partial charge in [-0.2, -0.15) is 10.2 Å². The number of likely N-dealkylation sites (tertiary alicyclic amines) is 4. The van der Waals surface area contributed by atoms with Crippen molar-refractivity contribution in [1.29, 1.82) is 0 Å². The second-order valence-electron chi connectivity index (χ2n) is 38.4. The van der Waals surface area contributed by atoms with Crippen molar-refractivity contribution in [2.24, 2.45) is 45.3 Å². The highest BCUT2D eigenvalue weighted by Crippen LogP contribution is 2.62. The number of nitrogens with zero attached hydrogens (tertiary/aromatic N) is 16. The van der Waals surface area contributed by atoms with Crippen LogP contribution in [0.1, 0.15) is 177 Å². The lowest BCUT2D eigenvalue weighted by Gasteiger charge is -2.33. The third-order valence-corrected chi connectivity index (χ3v) is 30.1. The van der Waals surface area contributed by atoms with Gasteiger partial charge in [-0.3, -0.25) is 67.7 Å². The molecule has 12 aromatic heterocycles. The first-order valence-electron chi connectivity index (χ1n) is 47.8. The van der Waals surface area contributed by atoms with E-state index in [0.717, 1.165) is 190 Å². The van der Waals surface area contributed by atoms with Crippen molar-refractivity contribution in [2.75, 3.05) is 78.5 Å². The third-order valence-electron chi connectivity index (χ3n) is 30.1. The zero-order valence-electron chi connectivity index (χ0n) is 76.9. The minimum atomic E-state index is -0.190. The van der Waals surface area contributed by atoms with Crippen LogP contribution in [0.15, 0.2) is 287 Å². The van der Waals surface area contributed by atoms with E-state index in [1.165, 1.54) is 0 Å². The fourth-order valence-electron chi connectivity index (χ4n) is 21.2. The zero-order chi connectivity index (χ0) is 94.6. The van der Waals surface area contributed by atoms with Crippen molar-refractivity contribution in [3.63, 3.8) is 0 Å². The Morgan fingerprint density at radius 1 is 0.324 bits per heavy atom. The number of carbonyl (C=O) groups excluding carboxylic acids is 8. The average molecular weight is 1860 g/mol. The highest BCUT2D eigenvalue weighted by molar-refractivity contribution is 6.00. The Labute approximate surface area is 800 Å². The summed E-state index contributed by atoms with van der Waals surface area (Å²) in [4.78, 5) is 135. The van der Waals surface area contributed by atoms with Crippen molar-refractivity contribution in [3.05, 3.63) is 332 Å². The fourth-order valence-corrected chi connectivity index (χ4v) is 21.2. The summed E-state index contributed by atoms with van der Waals surface area (Å²) in [6, 6.07) is 49.2. The van der Waals surface area contributed by atoms with Crippen LogP contribution in [0.3, 0.4) is 0 Å². The van der Waals surface area contributed by atoms with Gasteiger partial charge in [0.2, 0.25) is 0 Å². The Morgan fingerprint density at radius 3 is 1.09 bits per heavy atom. The molecule has 32 heteroatoms. The van der Waals surface area contributed by atoms with Crippen molar-refractivity contribution < 1.29 is 56.0 Å². The summed E-state index contributed by atoms with van der Waals surface area (Å²) in [6.07, 6.45) is 43.5. The monoisotopic (exact) mass is 1860 g/mol. The van der Waals surface area contributed by atoms with Crippen LogP contribution in [-0.4, -0.2) is 204 Å². The molecule has 8 fully saturated rings. The minimum absolute atomic E-state index is 0.0805. The highest BCUT2D eigenvalue weighted by atomic mass is 16.4. The van der Waals surface area contributed by atoms with Crippen LogP contribution >= 0.6 is 0 Å². The molecule has 0 radical (unpaired) electrons. The predicted octanol–water partition coefficient (Wildman–Crippen LogP) is 14.9. The van der Waals surface area contributed by atoms with Gasteiger partial charge in [0, 0.05) is 209 Å². The second-order valence-corrected chi connectivity index (χ2v) is 38.4. The molecule has 8 aliphatic rings. The lowest BCUT2D eigenvalue weighted by Crippen LogP contribution is -2.40. The maximum absolute atomic E-state index is 13.3. The molecular formula is C107H106N20O12. The molecule has 24 rings (SSSR count). The van der Waals surface area contributed by atoms with Gasteiger partial charge in [-0.05, 0) is 254 Å². The topological polar surface area (TPSA) is 373 Å². The molecule has 4 saturated heterocycles. The number of hydrogen-bond donors (Lipinski definition) is 4. The van der Waals surface area contributed by atoms with E-state index in [0.29, 0.717) is 120 Å². The van der Waals surface area contributed by atoms with Gasteiger partial charge >= 0.3 is 0 Å². The third kappa shape index (κ3) is 20.0. The summed E-state index contributed by atoms with van der Waals surface area (Å²) in [5.41, 5.74) is 10.5. The number of benzene rings is 4. The molecule has 4 aromatic carbocycles. The number of furan rings is 4. The molecule has 706 valence electrons. The quantitative estimate of drug-likeness (QED) is 0.0462. The summed E-state index contributed by atoms with van der Waals surface area (Å²) < 4.78 is 30.1. The normalized spacial score (nSPS) is 18.7. The van der Waals surface area contributed by atoms with Crippen LogP contribution < -0.4 is 21.3 Å². The number of nitrogens with one attached hydrogen (secondary N) is 4. The molecule has 4 N–H and O–H groups in total. The van der Waals surface area contributed by atoms with E-state index >= 15 is 0 Å². The molecule has 4 saturated carbocycles. The smallest absolute Gasteiger partial charge is 0.287 e. The lowest BCUT2D eigenvalue weighted by molar-refractivity contribution is 0.0659. The van der Waals surface area contributed by atoms with E-state index in [-0.39, 0.29) is 68.9 Å². The van der Waals surface area contributed by atoms with Crippen molar-refractivity contribution in [1.82, 2.24) is 99.5 Å². The summed E-state index contributed by atoms with van der Waals surface area (Å²) in [6.45, 7) is 10.5. The predicted molar refractivity (Wildman–Crippen MR) is 515 cm³/mol. The van der Waals surface area contributed by atoms with E-state index in [1.807, 2.05) is 196 Å². The molecule has 16 heterocycles. The van der Waals surface area contributed by atoms with Gasteiger partial charge in [0.15, 0.2) is 45.4 Å². The van der Waals surface area contributed by atoms with Gasteiger partial charge in [-0.25, -0.2) is 9.97 Å². The Bertz CT molecular complexity index is 6980. The molecule has 4 spiro atoms. The van der Waals surface area contributed by atoms with Gasteiger partial charge in [-0.1, -0.05) is 42.5 Å². The van der Waals surface area contributed by atoms with Crippen molar-refractivity contribution >= 4 is 91.1 Å². The number of carbonyl (C=O) groups is 8. The number of piperidine rings is 4. The van der Waals surface area contributed by atoms with E-state index in [9.17, 15) is 38.4 Å². The molecule has 139 heavy (non-hydrogen) atoms. The SMILES string of the molecule is O=C(NCC1CC12CCN(C(=O)c1ccc(-n3ccnc3)cc1)CC2)c1cc2ccncc2o1.O=C(NCC1CC12CCN(C(=O)c1ccc(Cn3cccn3)cc1)CC2)c1cc2ccncc2o1.O=C(NCC1CC12CCN(C(=O)c1cccc(Cn3ccnc3)c1)CC2)c1cc2ccncc2o1.O=C(NCC1CC12CCN(C(=O)c1ccccc1Cn1cccn1)CC2)c1cc2ccncc2o1. The lowest BCUT2D eigenvalue weighted by atomic mass is 9.90. The van der Waals surface area contributed by atoms with E-state index < -0.39 is 0 Å². The fraction of sp³-hybridized carbons (Fsp3) is 0.327. The van der Waals surface area contributed by atoms with Gasteiger partial charge in [0.25, 0.3) is 47.3 Å². The summed E-state index contributed by atoms with van der Waals surface area (Å²) >= 11 is 0. The zero-order valence-corrected chi connectivity index (χ0v) is 76.9. The standard InChI is InChI=1S/3C27H27N5O3.C26H25N5O3/c33-25(23-14-21-6-10-28-17-24(21)35-23)29-16-22-15-27(22)7-12-31(13-8-27)26(34)20-4-2-19(3-5-20)18-32-11-1-9-30-32;33-25(23-14-19-6-10-28-17-24(19)35-23)29-16-21-15-27(21)7-12-31(13-8-27)26(34)22-5-2-1-4-20(22)18-32-11-3-9-30-32;33-25(23-13-20-4-7-28-16-24(20)35-23)30-15-22-14-27(22)5-9-32(10-6-27)26(34)21-3-1-2-19(12-21)17-31-11-8-29-18-31;32-24(22-13-19-5-8-27-16-23(19)34-22)29-15-20-14-26(20)6-10-30(11-7-26)25(33)18-1-3-21(4-2-18)31-12-9-28-17-31/h1-6,9-11,14,17,22H,7-8,12-13,15-16,18H2,(H,29,33);1-6,9-11,14,17,21H,7-8,12-13,15-16,18H2,(H,29,33);1-4,7-8,11-13,16,18,22H,5-6,9-10,14-15,17H2,(H,30,33);1-5,8-9,12-13,16-17,20H,6-7,10-11,14-15H2,(H,29,32). The van der Waals surface area contributed by atoms with Crippen LogP contribution in [0.2, 0.25) is 0 Å². The molecule has 32 nitrogen and oxygen atoms in total. The molecule has 0 bridgehead atoms. The molecular weight excluding hydrogens is 1760 g/mol. The summed E-state index contributed by atoms with van der Waals surface area (Å²) in [5, 5.41) is 24.1. The molecule has 4 aliphatic heterocycles. The van der Waals surface area contributed by atoms with Crippen LogP contribution in [0.5, 0.6) is 0 Å². The average Bonchev–Trinajstić information content (AvgIpc) is 1.63. The maximum Gasteiger partial charge on any atom is 0.287 e. The van der Waals surface area contributed by atoms with Crippen molar-refractivity contribution in [3.8, 4) is 5.69 Å². The molecule has 4 aliphatic carbocycles. The number of pyridine rings is 4. The maximum atomic E-state index is 13.3. The number of imidazole rings is 2. The molecule has 4 unspecified atom stereocenters. The summed E-state index contributed by atoms with van der Waals surface area (Å²) in [5.74, 6) is 2.68. The van der Waals surface area contributed by atoms with E-state index in [1.54, 1.807) is 111 Å². The molecule has 8 amide bonds. The van der Waals surface area contributed by atoms with Crippen LogP contribution in [0.4, 0.5) is 0 Å². The first-order valence-corrected chi connectivity index (χ1v) is 47.8.